The van der Waals surface area contributed by atoms with Crippen molar-refractivity contribution >= 4 is 22.1 Å². The van der Waals surface area contributed by atoms with E-state index in [1.807, 2.05) is 95.5 Å². The third-order valence-corrected chi connectivity index (χ3v) is 4.59. The first-order valence-corrected chi connectivity index (χ1v) is 8.52. The van der Waals surface area contributed by atoms with Crippen molar-refractivity contribution in [3.8, 4) is 0 Å². The lowest BCUT2D eigenvalue weighted by molar-refractivity contribution is 0.745. The van der Waals surface area contributed by atoms with Gasteiger partial charge in [0.1, 0.15) is 0 Å². The van der Waals surface area contributed by atoms with Gasteiger partial charge >= 0.3 is 0 Å². The van der Waals surface area contributed by atoms with E-state index in [1.54, 1.807) is 0 Å². The number of hydrogen-bond donors (Lipinski definition) is 0. The second-order valence-corrected chi connectivity index (χ2v) is 6.52. The standard InChI is InChI=1S/C20H22N6/c1-23-11-12-24(2)19(23)21-16-9-5-7-15-8-6-10-17(18(15)16)22-20-25(3)13-14-26(20)4/h5-14H,1-4H3. The summed E-state index contributed by atoms with van der Waals surface area (Å²) in [6, 6.07) is 12.4. The monoisotopic (exact) mass is 346 g/mol. The Hall–Kier alpha value is -3.28. The smallest absolute Gasteiger partial charge is 0.209 e. The van der Waals surface area contributed by atoms with Crippen molar-refractivity contribution in [2.45, 2.75) is 0 Å². The van der Waals surface area contributed by atoms with Crippen LogP contribution in [0.25, 0.3) is 10.8 Å². The van der Waals surface area contributed by atoms with Crippen LogP contribution in [0.15, 0.2) is 71.2 Å². The van der Waals surface area contributed by atoms with Gasteiger partial charge in [0.15, 0.2) is 0 Å². The number of rotatable bonds is 2. The lowest BCUT2D eigenvalue weighted by atomic mass is 10.1. The van der Waals surface area contributed by atoms with E-state index in [-0.39, 0.29) is 0 Å². The summed E-state index contributed by atoms with van der Waals surface area (Å²) in [6.07, 6.45) is 8.00. The van der Waals surface area contributed by atoms with Gasteiger partial charge in [0.2, 0.25) is 11.2 Å². The van der Waals surface area contributed by atoms with Crippen molar-refractivity contribution in [2.75, 3.05) is 0 Å². The van der Waals surface area contributed by atoms with Gasteiger partial charge in [-0.05, 0) is 17.5 Å². The average Bonchev–Trinajstić information content (AvgIpc) is 3.12. The minimum Gasteiger partial charge on any atom is -0.320 e. The van der Waals surface area contributed by atoms with Gasteiger partial charge in [-0.2, -0.15) is 0 Å². The molecule has 2 heterocycles. The highest BCUT2D eigenvalue weighted by Crippen LogP contribution is 2.33. The second-order valence-electron chi connectivity index (χ2n) is 6.52. The molecular weight excluding hydrogens is 324 g/mol. The van der Waals surface area contributed by atoms with Gasteiger partial charge < -0.3 is 18.3 Å². The molecule has 0 atom stereocenters. The number of fused-ring (bicyclic) bond motifs is 1. The zero-order chi connectivity index (χ0) is 18.3. The Balaban J connectivity index is 2.06. The van der Waals surface area contributed by atoms with Gasteiger partial charge in [-0.15, -0.1) is 0 Å². The minimum absolute atomic E-state index is 0.886. The Morgan fingerprint density at radius 1 is 0.577 bits per heavy atom. The number of imidazole rings is 2. The molecule has 0 saturated heterocycles. The van der Waals surface area contributed by atoms with E-state index in [0.29, 0.717) is 0 Å². The Kier molecular flexibility index (Phi) is 3.88. The maximum atomic E-state index is 4.92. The highest BCUT2D eigenvalue weighted by atomic mass is 15.2. The molecule has 2 aromatic carbocycles. The Morgan fingerprint density at radius 3 is 1.35 bits per heavy atom. The van der Waals surface area contributed by atoms with Gasteiger partial charge in [-0.3, -0.25) is 0 Å². The van der Waals surface area contributed by atoms with E-state index in [4.69, 9.17) is 9.98 Å². The van der Waals surface area contributed by atoms with Crippen molar-refractivity contribution in [1.82, 2.24) is 18.3 Å². The van der Waals surface area contributed by atoms with Crippen LogP contribution in [0.3, 0.4) is 0 Å². The molecule has 4 rings (SSSR count). The molecule has 6 nitrogen and oxygen atoms in total. The van der Waals surface area contributed by atoms with Crippen LogP contribution < -0.4 is 11.2 Å². The molecule has 0 N–H and O–H groups in total. The van der Waals surface area contributed by atoms with Crippen LogP contribution in [-0.4, -0.2) is 18.3 Å². The average molecular weight is 346 g/mol. The van der Waals surface area contributed by atoms with Crippen LogP contribution in [0.4, 0.5) is 11.4 Å². The molecule has 0 aliphatic heterocycles. The summed E-state index contributed by atoms with van der Waals surface area (Å²) in [6.45, 7) is 0. The topological polar surface area (TPSA) is 44.4 Å². The summed E-state index contributed by atoms with van der Waals surface area (Å²) in [5.74, 6) is 0. The van der Waals surface area contributed by atoms with Crippen molar-refractivity contribution in [1.29, 1.82) is 0 Å². The fourth-order valence-electron chi connectivity index (χ4n) is 3.18. The summed E-state index contributed by atoms with van der Waals surface area (Å²) >= 11 is 0. The van der Waals surface area contributed by atoms with Crippen molar-refractivity contribution < 1.29 is 0 Å². The lowest BCUT2D eigenvalue weighted by Crippen LogP contribution is -2.21. The molecule has 132 valence electrons. The molecule has 0 unspecified atom stereocenters. The van der Waals surface area contributed by atoms with E-state index < -0.39 is 0 Å². The van der Waals surface area contributed by atoms with Gasteiger partial charge in [0.05, 0.1) is 11.4 Å². The molecule has 0 spiro atoms. The molecule has 0 aliphatic rings. The third-order valence-electron chi connectivity index (χ3n) is 4.59. The van der Waals surface area contributed by atoms with Crippen molar-refractivity contribution in [2.24, 2.45) is 38.2 Å². The Morgan fingerprint density at radius 2 is 0.962 bits per heavy atom. The SMILES string of the molecule is Cn1ccn(C)c1=Nc1cccc2cccc(N=c3n(C)ccn3C)c12. The van der Waals surface area contributed by atoms with Gasteiger partial charge in [0.25, 0.3) is 0 Å². The molecule has 4 aromatic rings. The highest BCUT2D eigenvalue weighted by Gasteiger charge is 2.07. The number of nitrogens with zero attached hydrogens (tertiary/aromatic N) is 6. The molecule has 26 heavy (non-hydrogen) atoms. The number of aromatic nitrogens is 4. The molecular formula is C20H22N6. The molecule has 0 saturated carbocycles. The Labute approximate surface area is 151 Å². The van der Waals surface area contributed by atoms with E-state index in [1.165, 1.54) is 0 Å². The van der Waals surface area contributed by atoms with Crippen LogP contribution in [0.1, 0.15) is 0 Å². The van der Waals surface area contributed by atoms with Crippen LogP contribution in [-0.2, 0) is 28.2 Å². The normalized spacial score (nSPS) is 11.1. The fraction of sp³-hybridized carbons (Fsp3) is 0.200. The van der Waals surface area contributed by atoms with E-state index in [0.717, 1.165) is 33.4 Å². The van der Waals surface area contributed by atoms with E-state index in [9.17, 15) is 0 Å². The van der Waals surface area contributed by atoms with Gasteiger partial charge in [-0.25, -0.2) is 9.98 Å². The number of hydrogen-bond acceptors (Lipinski definition) is 2. The fourth-order valence-corrected chi connectivity index (χ4v) is 3.18. The predicted octanol–water partition coefficient (Wildman–Crippen LogP) is 2.66. The van der Waals surface area contributed by atoms with Crippen LogP contribution in [0, 0.1) is 0 Å². The largest absolute Gasteiger partial charge is 0.320 e. The second kappa shape index (κ2) is 6.22. The summed E-state index contributed by atoms with van der Waals surface area (Å²) in [5, 5.41) is 2.18. The maximum absolute atomic E-state index is 4.92. The van der Waals surface area contributed by atoms with E-state index in [2.05, 4.69) is 12.1 Å². The molecule has 6 heteroatoms. The quantitative estimate of drug-likeness (QED) is 0.536. The summed E-state index contributed by atoms with van der Waals surface area (Å²) in [4.78, 5) is 9.83. The van der Waals surface area contributed by atoms with Gasteiger partial charge in [-0.1, -0.05) is 24.3 Å². The lowest BCUT2D eigenvalue weighted by Gasteiger charge is -2.06. The van der Waals surface area contributed by atoms with Gasteiger partial charge in [0, 0.05) is 58.4 Å². The minimum atomic E-state index is 0.886. The zero-order valence-corrected chi connectivity index (χ0v) is 15.5. The highest BCUT2D eigenvalue weighted by molar-refractivity contribution is 6.00. The molecule has 0 amide bonds. The van der Waals surface area contributed by atoms with Crippen molar-refractivity contribution in [3.63, 3.8) is 0 Å². The summed E-state index contributed by atoms with van der Waals surface area (Å²) < 4.78 is 8.04. The van der Waals surface area contributed by atoms with Crippen LogP contribution >= 0.6 is 0 Å². The molecule has 0 radical (unpaired) electrons. The van der Waals surface area contributed by atoms with Crippen LogP contribution in [0.2, 0.25) is 0 Å². The molecule has 0 bridgehead atoms. The van der Waals surface area contributed by atoms with Crippen LogP contribution in [0.5, 0.6) is 0 Å². The number of benzene rings is 2. The summed E-state index contributed by atoms with van der Waals surface area (Å²) in [5.41, 5.74) is 3.60. The molecule has 0 aliphatic carbocycles. The molecule has 2 aromatic heterocycles. The first-order valence-electron chi connectivity index (χ1n) is 8.52. The Bertz CT molecular complexity index is 1090. The van der Waals surface area contributed by atoms with E-state index >= 15 is 0 Å². The summed E-state index contributed by atoms with van der Waals surface area (Å²) in [7, 11) is 8.00. The predicted molar refractivity (Wildman–Crippen MR) is 103 cm³/mol. The third kappa shape index (κ3) is 2.69. The van der Waals surface area contributed by atoms with Crippen molar-refractivity contribution in [3.05, 3.63) is 72.4 Å². The molecule has 0 fully saturated rings. The first kappa shape index (κ1) is 16.2. The number of aryl methyl sites for hydroxylation is 4. The maximum Gasteiger partial charge on any atom is 0.209 e. The zero-order valence-electron chi connectivity index (χ0n) is 15.5. The first-order chi connectivity index (χ1) is 12.5.